The van der Waals surface area contributed by atoms with E-state index < -0.39 is 6.03 Å². The number of hydrogen-bond acceptors (Lipinski definition) is 4. The van der Waals surface area contributed by atoms with Gasteiger partial charge in [0.1, 0.15) is 5.75 Å². The summed E-state index contributed by atoms with van der Waals surface area (Å²) in [5.74, 6) is 0.454. The van der Waals surface area contributed by atoms with Crippen LogP contribution in [0.5, 0.6) is 5.75 Å². The highest BCUT2D eigenvalue weighted by Crippen LogP contribution is 2.33. The summed E-state index contributed by atoms with van der Waals surface area (Å²) in [4.78, 5) is 30.4. The quantitative estimate of drug-likeness (QED) is 0.719. The van der Waals surface area contributed by atoms with E-state index in [2.05, 4.69) is 36.2 Å². The van der Waals surface area contributed by atoms with E-state index in [0.717, 1.165) is 44.5 Å². The van der Waals surface area contributed by atoms with Gasteiger partial charge in [-0.2, -0.15) is 0 Å². The second-order valence-corrected chi connectivity index (χ2v) is 8.48. The van der Waals surface area contributed by atoms with Crippen molar-refractivity contribution in [3.05, 3.63) is 59.2 Å². The van der Waals surface area contributed by atoms with Crippen LogP contribution in [0.3, 0.4) is 0 Å². The standard InChI is InChI=1S/C25H34N4O3/c1-18-16-20(17-22(32-4)23(18)28(3)25(26)31)24(30)29-14-11-21(12-15-29)27(2)13-10-19-8-6-5-7-9-19/h5-9,16-17,21H,10-15H2,1-4H3,(H2,26,31). The van der Waals surface area contributed by atoms with Crippen molar-refractivity contribution in [1.82, 2.24) is 9.80 Å². The first-order chi connectivity index (χ1) is 15.3. The number of methoxy groups -OCH3 is 1. The molecule has 1 aliphatic heterocycles. The van der Waals surface area contributed by atoms with Crippen molar-refractivity contribution in [2.24, 2.45) is 5.73 Å². The first-order valence-corrected chi connectivity index (χ1v) is 11.1. The Balaban J connectivity index is 1.61. The fourth-order valence-corrected chi connectivity index (χ4v) is 4.39. The average molecular weight is 439 g/mol. The number of amides is 3. The number of urea groups is 1. The molecule has 0 bridgehead atoms. The van der Waals surface area contributed by atoms with Crippen LogP contribution in [0.25, 0.3) is 0 Å². The topological polar surface area (TPSA) is 79.1 Å². The van der Waals surface area contributed by atoms with E-state index in [1.807, 2.05) is 17.9 Å². The third kappa shape index (κ3) is 5.40. The van der Waals surface area contributed by atoms with Crippen LogP contribution in [0.2, 0.25) is 0 Å². The highest BCUT2D eigenvalue weighted by Gasteiger charge is 2.27. The number of carbonyl (C=O) groups is 2. The van der Waals surface area contributed by atoms with Gasteiger partial charge in [0.05, 0.1) is 12.8 Å². The van der Waals surface area contributed by atoms with Gasteiger partial charge in [-0.15, -0.1) is 0 Å². The SMILES string of the molecule is COc1cc(C(=O)N2CCC(N(C)CCc3ccccc3)CC2)cc(C)c1N(C)C(N)=O. The number of primary amides is 1. The molecule has 0 spiro atoms. The van der Waals surface area contributed by atoms with Gasteiger partial charge in [-0.3, -0.25) is 9.69 Å². The molecule has 7 heteroatoms. The summed E-state index contributed by atoms with van der Waals surface area (Å²) < 4.78 is 5.46. The molecule has 0 radical (unpaired) electrons. The fourth-order valence-electron chi connectivity index (χ4n) is 4.39. The van der Waals surface area contributed by atoms with Crippen LogP contribution >= 0.6 is 0 Å². The van der Waals surface area contributed by atoms with Gasteiger partial charge in [-0.1, -0.05) is 30.3 Å². The van der Waals surface area contributed by atoms with Crippen molar-refractivity contribution in [1.29, 1.82) is 0 Å². The Hall–Kier alpha value is -3.06. The Labute approximate surface area is 190 Å². The van der Waals surface area contributed by atoms with Gasteiger partial charge in [-0.05, 0) is 56.5 Å². The van der Waals surface area contributed by atoms with E-state index in [-0.39, 0.29) is 5.91 Å². The molecule has 1 heterocycles. The number of nitrogens with two attached hydrogens (primary N) is 1. The Morgan fingerprint density at radius 3 is 2.38 bits per heavy atom. The van der Waals surface area contributed by atoms with E-state index in [1.165, 1.54) is 17.6 Å². The number of benzene rings is 2. The Morgan fingerprint density at radius 2 is 1.78 bits per heavy atom. The summed E-state index contributed by atoms with van der Waals surface area (Å²) in [5.41, 5.74) is 8.68. The third-order valence-electron chi connectivity index (χ3n) is 6.37. The first-order valence-electron chi connectivity index (χ1n) is 11.1. The Bertz CT molecular complexity index is 940. The van der Waals surface area contributed by atoms with Crippen molar-refractivity contribution < 1.29 is 14.3 Å². The number of anilines is 1. The lowest BCUT2D eigenvalue weighted by Crippen LogP contribution is -2.46. The molecule has 2 aromatic carbocycles. The number of hydrogen-bond donors (Lipinski definition) is 1. The minimum absolute atomic E-state index is 0.00920. The number of rotatable bonds is 7. The zero-order chi connectivity index (χ0) is 23.3. The van der Waals surface area contributed by atoms with E-state index in [1.54, 1.807) is 19.2 Å². The molecule has 3 rings (SSSR count). The largest absolute Gasteiger partial charge is 0.495 e. The van der Waals surface area contributed by atoms with Crippen LogP contribution in [0.1, 0.15) is 34.3 Å². The molecule has 2 N–H and O–H groups in total. The summed E-state index contributed by atoms with van der Waals surface area (Å²) >= 11 is 0. The molecule has 3 amide bonds. The van der Waals surface area contributed by atoms with Crippen molar-refractivity contribution in [3.63, 3.8) is 0 Å². The fraction of sp³-hybridized carbons (Fsp3) is 0.440. The summed E-state index contributed by atoms with van der Waals surface area (Å²) in [6.07, 6.45) is 2.94. The van der Waals surface area contributed by atoms with Crippen LogP contribution in [0, 0.1) is 6.92 Å². The molecular weight excluding hydrogens is 404 g/mol. The van der Waals surface area contributed by atoms with Crippen molar-refractivity contribution in [2.75, 3.05) is 45.7 Å². The first kappa shape index (κ1) is 23.6. The van der Waals surface area contributed by atoms with Crippen LogP contribution < -0.4 is 15.4 Å². The van der Waals surface area contributed by atoms with Crippen LogP contribution in [-0.2, 0) is 6.42 Å². The molecule has 7 nitrogen and oxygen atoms in total. The molecule has 172 valence electrons. The van der Waals surface area contributed by atoms with Gasteiger partial charge >= 0.3 is 6.03 Å². The highest BCUT2D eigenvalue weighted by atomic mass is 16.5. The summed E-state index contributed by atoms with van der Waals surface area (Å²) in [5, 5.41) is 0. The summed E-state index contributed by atoms with van der Waals surface area (Å²) in [7, 11) is 5.29. The number of nitrogens with zero attached hydrogens (tertiary/aromatic N) is 3. The molecule has 0 unspecified atom stereocenters. The average Bonchev–Trinajstić information content (AvgIpc) is 2.81. The van der Waals surface area contributed by atoms with Gasteiger partial charge < -0.3 is 20.3 Å². The van der Waals surface area contributed by atoms with Gasteiger partial charge in [0.2, 0.25) is 0 Å². The third-order valence-corrected chi connectivity index (χ3v) is 6.37. The van der Waals surface area contributed by atoms with E-state index in [0.29, 0.717) is 23.0 Å². The molecule has 0 atom stereocenters. The number of likely N-dealkylation sites (N-methyl/N-ethyl adjacent to an activating group) is 1. The Morgan fingerprint density at radius 1 is 1.12 bits per heavy atom. The number of piperidine rings is 1. The molecule has 0 aromatic heterocycles. The predicted molar refractivity (Wildman–Crippen MR) is 127 cm³/mol. The van der Waals surface area contributed by atoms with Crippen molar-refractivity contribution >= 4 is 17.6 Å². The second-order valence-electron chi connectivity index (χ2n) is 8.48. The van der Waals surface area contributed by atoms with Crippen molar-refractivity contribution in [2.45, 2.75) is 32.2 Å². The molecule has 32 heavy (non-hydrogen) atoms. The molecule has 0 aliphatic carbocycles. The second kappa shape index (κ2) is 10.5. The van der Waals surface area contributed by atoms with Gasteiger partial charge in [0.25, 0.3) is 5.91 Å². The van der Waals surface area contributed by atoms with Gasteiger partial charge in [0.15, 0.2) is 0 Å². The van der Waals surface area contributed by atoms with Crippen LogP contribution in [0.15, 0.2) is 42.5 Å². The lowest BCUT2D eigenvalue weighted by molar-refractivity contribution is 0.0646. The van der Waals surface area contributed by atoms with Crippen molar-refractivity contribution in [3.8, 4) is 5.75 Å². The van der Waals surface area contributed by atoms with Crippen LogP contribution in [-0.4, -0.2) is 68.6 Å². The summed E-state index contributed by atoms with van der Waals surface area (Å²) in [6.45, 7) is 4.31. The number of carbonyl (C=O) groups excluding carboxylic acids is 2. The zero-order valence-corrected chi connectivity index (χ0v) is 19.5. The minimum atomic E-state index is -0.580. The monoisotopic (exact) mass is 438 g/mol. The van der Waals surface area contributed by atoms with E-state index in [4.69, 9.17) is 10.5 Å². The summed E-state index contributed by atoms with van der Waals surface area (Å²) in [6, 6.07) is 13.9. The van der Waals surface area contributed by atoms with Crippen LogP contribution in [0.4, 0.5) is 10.5 Å². The maximum absolute atomic E-state index is 13.2. The lowest BCUT2D eigenvalue weighted by atomic mass is 10.0. The maximum Gasteiger partial charge on any atom is 0.319 e. The van der Waals surface area contributed by atoms with Gasteiger partial charge in [-0.25, -0.2) is 4.79 Å². The lowest BCUT2D eigenvalue weighted by Gasteiger charge is -2.37. The van der Waals surface area contributed by atoms with E-state index in [9.17, 15) is 9.59 Å². The molecule has 1 fully saturated rings. The Kier molecular flexibility index (Phi) is 7.75. The van der Waals surface area contributed by atoms with E-state index >= 15 is 0 Å². The number of ether oxygens (including phenoxy) is 1. The smallest absolute Gasteiger partial charge is 0.319 e. The number of aryl methyl sites for hydroxylation is 1. The maximum atomic E-state index is 13.2. The zero-order valence-electron chi connectivity index (χ0n) is 19.5. The predicted octanol–water partition coefficient (Wildman–Crippen LogP) is 3.30. The molecule has 1 saturated heterocycles. The molecule has 0 saturated carbocycles. The molecular formula is C25H34N4O3. The molecule has 1 aliphatic rings. The van der Waals surface area contributed by atoms with Gasteiger partial charge in [0, 0.05) is 38.3 Å². The number of likely N-dealkylation sites (tertiary alicyclic amines) is 1. The normalized spacial score (nSPS) is 14.5. The molecule has 2 aromatic rings. The highest BCUT2D eigenvalue weighted by molar-refractivity contribution is 5.98. The minimum Gasteiger partial charge on any atom is -0.495 e.